The molecule has 0 aliphatic carbocycles. The van der Waals surface area contributed by atoms with E-state index in [9.17, 15) is 4.79 Å². The number of morpholine rings is 1. The summed E-state index contributed by atoms with van der Waals surface area (Å²) in [6.07, 6.45) is 0. The predicted molar refractivity (Wildman–Crippen MR) is 98.6 cm³/mol. The van der Waals surface area contributed by atoms with E-state index in [4.69, 9.17) is 10.5 Å². The van der Waals surface area contributed by atoms with Gasteiger partial charge in [0.05, 0.1) is 13.2 Å². The van der Waals surface area contributed by atoms with Crippen molar-refractivity contribution < 1.29 is 9.53 Å². The number of amides is 1. The second kappa shape index (κ2) is 8.68. The van der Waals surface area contributed by atoms with Crippen LogP contribution in [0.1, 0.15) is 15.9 Å². The molecule has 0 unspecified atom stereocenters. The zero-order valence-corrected chi connectivity index (χ0v) is 14.2. The molecule has 0 spiro atoms. The van der Waals surface area contributed by atoms with Gasteiger partial charge in [-0.05, 0) is 42.0 Å². The van der Waals surface area contributed by atoms with Crippen molar-refractivity contribution in [2.24, 2.45) is 0 Å². The van der Waals surface area contributed by atoms with Crippen LogP contribution in [0.2, 0.25) is 0 Å². The second-order valence-corrected chi connectivity index (χ2v) is 5.66. The van der Waals surface area contributed by atoms with Crippen molar-refractivity contribution >= 4 is 29.7 Å². The SMILES string of the molecule is Cl.Nc1ccc(C(=O)Nc2ccc(CN3CCOCC3)cc2)cc1. The lowest BCUT2D eigenvalue weighted by Crippen LogP contribution is -2.35. The van der Waals surface area contributed by atoms with Crippen molar-refractivity contribution in [1.82, 2.24) is 4.90 Å². The number of nitrogens with two attached hydrogens (primary N) is 1. The highest BCUT2D eigenvalue weighted by molar-refractivity contribution is 6.04. The van der Waals surface area contributed by atoms with Crippen LogP contribution in [0.4, 0.5) is 11.4 Å². The Kier molecular flexibility index (Phi) is 6.61. The molecule has 0 radical (unpaired) electrons. The quantitative estimate of drug-likeness (QED) is 0.834. The average molecular weight is 348 g/mol. The fourth-order valence-corrected chi connectivity index (χ4v) is 2.55. The van der Waals surface area contributed by atoms with Crippen LogP contribution in [0.5, 0.6) is 0 Å². The van der Waals surface area contributed by atoms with Gasteiger partial charge >= 0.3 is 0 Å². The number of hydrogen-bond donors (Lipinski definition) is 2. The number of hydrogen-bond acceptors (Lipinski definition) is 4. The van der Waals surface area contributed by atoms with Crippen molar-refractivity contribution in [3.63, 3.8) is 0 Å². The average Bonchev–Trinajstić information content (AvgIpc) is 2.58. The third-order valence-electron chi connectivity index (χ3n) is 3.89. The number of rotatable bonds is 4. The maximum absolute atomic E-state index is 12.2. The molecule has 0 atom stereocenters. The van der Waals surface area contributed by atoms with E-state index in [1.54, 1.807) is 24.3 Å². The van der Waals surface area contributed by atoms with Gasteiger partial charge in [0.15, 0.2) is 0 Å². The number of nitrogens with one attached hydrogen (secondary N) is 1. The summed E-state index contributed by atoms with van der Waals surface area (Å²) in [5.41, 5.74) is 8.89. The molecule has 3 rings (SSSR count). The summed E-state index contributed by atoms with van der Waals surface area (Å²) in [4.78, 5) is 14.5. The highest BCUT2D eigenvalue weighted by Crippen LogP contribution is 2.14. The molecule has 0 aromatic heterocycles. The molecular formula is C18H22ClN3O2. The molecule has 24 heavy (non-hydrogen) atoms. The van der Waals surface area contributed by atoms with Crippen LogP contribution in [0.15, 0.2) is 48.5 Å². The third-order valence-corrected chi connectivity index (χ3v) is 3.89. The lowest BCUT2D eigenvalue weighted by atomic mass is 10.1. The fourth-order valence-electron chi connectivity index (χ4n) is 2.55. The minimum absolute atomic E-state index is 0. The molecule has 3 N–H and O–H groups in total. The molecule has 0 saturated carbocycles. The van der Waals surface area contributed by atoms with Crippen LogP contribution in [0.3, 0.4) is 0 Å². The van der Waals surface area contributed by atoms with Crippen molar-refractivity contribution in [3.05, 3.63) is 59.7 Å². The topological polar surface area (TPSA) is 67.6 Å². The van der Waals surface area contributed by atoms with Crippen LogP contribution in [-0.2, 0) is 11.3 Å². The third kappa shape index (κ3) is 4.96. The lowest BCUT2D eigenvalue weighted by molar-refractivity contribution is 0.0342. The van der Waals surface area contributed by atoms with Gasteiger partial charge in [-0.2, -0.15) is 0 Å². The Morgan fingerprint density at radius 2 is 1.67 bits per heavy atom. The van der Waals surface area contributed by atoms with Crippen LogP contribution in [-0.4, -0.2) is 37.1 Å². The highest BCUT2D eigenvalue weighted by Gasteiger charge is 2.11. The molecule has 1 saturated heterocycles. The van der Waals surface area contributed by atoms with Gasteiger partial charge in [-0.3, -0.25) is 9.69 Å². The first kappa shape index (κ1) is 18.3. The molecule has 6 heteroatoms. The van der Waals surface area contributed by atoms with Gasteiger partial charge in [0.1, 0.15) is 0 Å². The molecule has 2 aromatic carbocycles. The zero-order valence-electron chi connectivity index (χ0n) is 13.4. The summed E-state index contributed by atoms with van der Waals surface area (Å²) in [7, 11) is 0. The second-order valence-electron chi connectivity index (χ2n) is 5.66. The Morgan fingerprint density at radius 3 is 2.29 bits per heavy atom. The molecule has 1 aliphatic rings. The molecule has 1 fully saturated rings. The van der Waals surface area contributed by atoms with Crippen LogP contribution in [0.25, 0.3) is 0 Å². The van der Waals surface area contributed by atoms with E-state index in [0.29, 0.717) is 11.3 Å². The van der Waals surface area contributed by atoms with Crippen molar-refractivity contribution in [2.75, 3.05) is 37.4 Å². The maximum Gasteiger partial charge on any atom is 0.255 e. The van der Waals surface area contributed by atoms with E-state index in [1.807, 2.05) is 24.3 Å². The van der Waals surface area contributed by atoms with Gasteiger partial charge in [0, 0.05) is 36.6 Å². The van der Waals surface area contributed by atoms with Gasteiger partial charge in [0.2, 0.25) is 0 Å². The Labute approximate surface area is 148 Å². The monoisotopic (exact) mass is 347 g/mol. The molecule has 1 heterocycles. The first-order valence-electron chi connectivity index (χ1n) is 7.77. The van der Waals surface area contributed by atoms with Gasteiger partial charge in [-0.25, -0.2) is 0 Å². The number of anilines is 2. The maximum atomic E-state index is 12.2. The van der Waals surface area contributed by atoms with Crippen LogP contribution >= 0.6 is 12.4 Å². The summed E-state index contributed by atoms with van der Waals surface area (Å²) < 4.78 is 5.35. The lowest BCUT2D eigenvalue weighted by Gasteiger charge is -2.26. The minimum Gasteiger partial charge on any atom is -0.399 e. The van der Waals surface area contributed by atoms with Gasteiger partial charge in [0.25, 0.3) is 5.91 Å². The number of halogens is 1. The van der Waals surface area contributed by atoms with E-state index in [0.717, 1.165) is 38.5 Å². The number of ether oxygens (including phenoxy) is 1. The number of carbonyl (C=O) groups is 1. The fraction of sp³-hybridized carbons (Fsp3) is 0.278. The molecule has 5 nitrogen and oxygen atoms in total. The van der Waals surface area contributed by atoms with Crippen molar-refractivity contribution in [1.29, 1.82) is 0 Å². The Bertz CT molecular complexity index is 653. The molecule has 128 valence electrons. The number of nitrogens with zero attached hydrogens (tertiary/aromatic N) is 1. The first-order valence-corrected chi connectivity index (χ1v) is 7.77. The number of carbonyl (C=O) groups excluding carboxylic acids is 1. The minimum atomic E-state index is -0.133. The molecule has 1 aliphatic heterocycles. The smallest absolute Gasteiger partial charge is 0.255 e. The molecule has 0 bridgehead atoms. The van der Waals surface area contributed by atoms with Crippen LogP contribution in [0, 0.1) is 0 Å². The van der Waals surface area contributed by atoms with E-state index in [2.05, 4.69) is 10.2 Å². The van der Waals surface area contributed by atoms with E-state index in [-0.39, 0.29) is 18.3 Å². The van der Waals surface area contributed by atoms with Gasteiger partial charge in [-0.15, -0.1) is 12.4 Å². The van der Waals surface area contributed by atoms with E-state index in [1.165, 1.54) is 5.56 Å². The van der Waals surface area contributed by atoms with Gasteiger partial charge < -0.3 is 15.8 Å². The predicted octanol–water partition coefficient (Wildman–Crippen LogP) is 2.78. The Hall–Kier alpha value is -2.08. The standard InChI is InChI=1S/C18H21N3O2.ClH/c19-16-5-3-15(4-6-16)18(22)20-17-7-1-14(2-8-17)13-21-9-11-23-12-10-21;/h1-8H,9-13,19H2,(H,20,22);1H. The van der Waals surface area contributed by atoms with Crippen molar-refractivity contribution in [2.45, 2.75) is 6.54 Å². The zero-order chi connectivity index (χ0) is 16.1. The normalized spacial score (nSPS) is 14.7. The van der Waals surface area contributed by atoms with Gasteiger partial charge in [-0.1, -0.05) is 12.1 Å². The Balaban J connectivity index is 0.00000208. The van der Waals surface area contributed by atoms with Crippen molar-refractivity contribution in [3.8, 4) is 0 Å². The summed E-state index contributed by atoms with van der Waals surface area (Å²) >= 11 is 0. The summed E-state index contributed by atoms with van der Waals surface area (Å²) in [6.45, 7) is 4.45. The first-order chi connectivity index (χ1) is 11.2. The Morgan fingerprint density at radius 1 is 1.04 bits per heavy atom. The highest BCUT2D eigenvalue weighted by atomic mass is 35.5. The van der Waals surface area contributed by atoms with E-state index < -0.39 is 0 Å². The largest absolute Gasteiger partial charge is 0.399 e. The number of nitrogen functional groups attached to an aromatic ring is 1. The summed E-state index contributed by atoms with van der Waals surface area (Å²) in [5, 5.41) is 2.90. The van der Waals surface area contributed by atoms with E-state index >= 15 is 0 Å². The molecule has 1 amide bonds. The summed E-state index contributed by atoms with van der Waals surface area (Å²) in [6, 6.07) is 14.9. The molecule has 2 aromatic rings. The molecular weight excluding hydrogens is 326 g/mol. The van der Waals surface area contributed by atoms with Crippen LogP contribution < -0.4 is 11.1 Å². The number of benzene rings is 2. The summed E-state index contributed by atoms with van der Waals surface area (Å²) in [5.74, 6) is -0.133.